The number of hydrogen-bond acceptors (Lipinski definition) is 4. The van der Waals surface area contributed by atoms with Crippen LogP contribution >= 0.6 is 11.6 Å². The van der Waals surface area contributed by atoms with Crippen molar-refractivity contribution in [2.75, 3.05) is 13.7 Å². The Balaban J connectivity index is 1.81. The van der Waals surface area contributed by atoms with Crippen molar-refractivity contribution in [1.82, 2.24) is 10.2 Å². The standard InChI is InChI=1S/C31H37ClN2O4/c1-4-23(2)33-31(36)29(21-24-10-6-5-7-11-24)34(22-25-12-8-13-28(20-25)37-3)30(35)14-9-19-38-27-17-15-26(32)16-18-27/h5-8,10-13,15-18,20,23,29H,4,9,14,19,21-22H2,1-3H3,(H,33,36)/t23-,29+/m1/s1. The first-order chi connectivity index (χ1) is 18.4. The largest absolute Gasteiger partial charge is 0.497 e. The fourth-order valence-electron chi connectivity index (χ4n) is 4.05. The third kappa shape index (κ3) is 9.10. The van der Waals surface area contributed by atoms with Crippen molar-refractivity contribution in [3.63, 3.8) is 0 Å². The molecule has 0 aliphatic heterocycles. The van der Waals surface area contributed by atoms with E-state index in [2.05, 4.69) is 5.32 Å². The molecule has 0 saturated carbocycles. The van der Waals surface area contributed by atoms with Gasteiger partial charge in [0, 0.05) is 30.5 Å². The van der Waals surface area contributed by atoms with E-state index in [4.69, 9.17) is 21.1 Å². The number of ether oxygens (including phenoxy) is 2. The normalized spacial score (nSPS) is 12.3. The van der Waals surface area contributed by atoms with Crippen LogP contribution in [-0.4, -0.2) is 42.5 Å². The van der Waals surface area contributed by atoms with Crippen molar-refractivity contribution in [3.8, 4) is 11.5 Å². The van der Waals surface area contributed by atoms with Gasteiger partial charge in [-0.1, -0.05) is 61.0 Å². The second-order valence-electron chi connectivity index (χ2n) is 9.30. The minimum absolute atomic E-state index is 0.00215. The number of nitrogens with zero attached hydrogens (tertiary/aromatic N) is 1. The van der Waals surface area contributed by atoms with Crippen LogP contribution in [0.4, 0.5) is 0 Å². The molecule has 3 aromatic carbocycles. The molecule has 0 bridgehead atoms. The highest BCUT2D eigenvalue weighted by atomic mass is 35.5. The van der Waals surface area contributed by atoms with E-state index in [9.17, 15) is 9.59 Å². The van der Waals surface area contributed by atoms with Crippen LogP contribution in [0, 0.1) is 0 Å². The maximum atomic E-state index is 13.7. The number of nitrogens with one attached hydrogen (secondary N) is 1. The van der Waals surface area contributed by atoms with Crippen LogP contribution in [0.15, 0.2) is 78.9 Å². The van der Waals surface area contributed by atoms with Gasteiger partial charge in [0.2, 0.25) is 11.8 Å². The van der Waals surface area contributed by atoms with E-state index in [1.54, 1.807) is 36.3 Å². The van der Waals surface area contributed by atoms with Gasteiger partial charge < -0.3 is 19.7 Å². The number of halogens is 1. The smallest absolute Gasteiger partial charge is 0.243 e. The minimum Gasteiger partial charge on any atom is -0.497 e. The molecule has 202 valence electrons. The molecule has 0 aromatic heterocycles. The SMILES string of the molecule is CC[C@@H](C)NC(=O)[C@H](Cc1ccccc1)N(Cc1cccc(OC)c1)C(=O)CCCOc1ccc(Cl)cc1. The number of rotatable bonds is 14. The first-order valence-electron chi connectivity index (χ1n) is 13.0. The number of carbonyl (C=O) groups is 2. The van der Waals surface area contributed by atoms with Crippen LogP contribution in [-0.2, 0) is 22.6 Å². The van der Waals surface area contributed by atoms with Gasteiger partial charge in [-0.05, 0) is 67.3 Å². The summed E-state index contributed by atoms with van der Waals surface area (Å²) in [4.78, 5) is 28.9. The molecule has 0 fully saturated rings. The molecule has 7 heteroatoms. The summed E-state index contributed by atoms with van der Waals surface area (Å²) < 4.78 is 11.2. The summed E-state index contributed by atoms with van der Waals surface area (Å²) in [6.45, 7) is 4.67. The fourth-order valence-corrected chi connectivity index (χ4v) is 4.18. The zero-order chi connectivity index (χ0) is 27.3. The zero-order valence-electron chi connectivity index (χ0n) is 22.4. The van der Waals surface area contributed by atoms with Crippen molar-refractivity contribution < 1.29 is 19.1 Å². The Labute approximate surface area is 230 Å². The third-order valence-corrected chi connectivity index (χ3v) is 6.63. The highest BCUT2D eigenvalue weighted by molar-refractivity contribution is 6.30. The van der Waals surface area contributed by atoms with Gasteiger partial charge in [0.15, 0.2) is 0 Å². The lowest BCUT2D eigenvalue weighted by Gasteiger charge is -2.32. The molecule has 3 aromatic rings. The molecule has 0 heterocycles. The van der Waals surface area contributed by atoms with Crippen molar-refractivity contribution in [3.05, 3.63) is 95.0 Å². The average molecular weight is 537 g/mol. The van der Waals surface area contributed by atoms with E-state index >= 15 is 0 Å². The maximum absolute atomic E-state index is 13.7. The molecule has 0 saturated heterocycles. The Bertz CT molecular complexity index is 1150. The lowest BCUT2D eigenvalue weighted by atomic mass is 10.0. The average Bonchev–Trinajstić information content (AvgIpc) is 2.94. The molecule has 1 N–H and O–H groups in total. The van der Waals surface area contributed by atoms with Crippen molar-refractivity contribution in [2.45, 2.75) is 58.2 Å². The van der Waals surface area contributed by atoms with E-state index in [-0.39, 0.29) is 24.3 Å². The first-order valence-corrected chi connectivity index (χ1v) is 13.4. The van der Waals surface area contributed by atoms with E-state index in [1.165, 1.54) is 0 Å². The Morgan fingerprint density at radius 1 is 0.947 bits per heavy atom. The summed E-state index contributed by atoms with van der Waals surface area (Å²) in [7, 11) is 1.61. The molecule has 3 rings (SSSR count). The molecular formula is C31H37ClN2O4. The predicted octanol–water partition coefficient (Wildman–Crippen LogP) is 6.06. The fraction of sp³-hybridized carbons (Fsp3) is 0.355. The summed E-state index contributed by atoms with van der Waals surface area (Å²) in [6, 6.07) is 23.9. The van der Waals surface area contributed by atoms with E-state index in [0.717, 1.165) is 17.5 Å². The Kier molecular flexibility index (Phi) is 11.5. The Hall–Kier alpha value is -3.51. The van der Waals surface area contributed by atoms with Crippen molar-refractivity contribution >= 4 is 23.4 Å². The number of benzene rings is 3. The summed E-state index contributed by atoms with van der Waals surface area (Å²) in [5, 5.41) is 3.73. The number of amides is 2. The molecule has 0 spiro atoms. The second-order valence-corrected chi connectivity index (χ2v) is 9.74. The maximum Gasteiger partial charge on any atom is 0.243 e. The molecule has 0 unspecified atom stereocenters. The van der Waals surface area contributed by atoms with Crippen LogP contribution in [0.2, 0.25) is 5.02 Å². The zero-order valence-corrected chi connectivity index (χ0v) is 23.1. The van der Waals surface area contributed by atoms with Crippen LogP contribution in [0.25, 0.3) is 0 Å². The molecule has 0 aliphatic rings. The van der Waals surface area contributed by atoms with Gasteiger partial charge in [0.1, 0.15) is 17.5 Å². The molecule has 6 nitrogen and oxygen atoms in total. The van der Waals surface area contributed by atoms with Gasteiger partial charge in [-0.25, -0.2) is 0 Å². The molecular weight excluding hydrogens is 500 g/mol. The quantitative estimate of drug-likeness (QED) is 0.254. The second kappa shape index (κ2) is 15.0. The molecule has 38 heavy (non-hydrogen) atoms. The molecule has 2 amide bonds. The van der Waals surface area contributed by atoms with Crippen LogP contribution in [0.3, 0.4) is 0 Å². The number of hydrogen-bond donors (Lipinski definition) is 1. The van der Waals surface area contributed by atoms with Gasteiger partial charge >= 0.3 is 0 Å². The monoisotopic (exact) mass is 536 g/mol. The third-order valence-electron chi connectivity index (χ3n) is 6.38. The van der Waals surface area contributed by atoms with Crippen molar-refractivity contribution in [2.24, 2.45) is 0 Å². The van der Waals surface area contributed by atoms with Crippen molar-refractivity contribution in [1.29, 1.82) is 0 Å². The first kappa shape index (κ1) is 29.1. The highest BCUT2D eigenvalue weighted by Crippen LogP contribution is 2.20. The van der Waals surface area contributed by atoms with Gasteiger partial charge in [0.05, 0.1) is 13.7 Å². The van der Waals surface area contributed by atoms with Gasteiger partial charge in [0.25, 0.3) is 0 Å². The Morgan fingerprint density at radius 2 is 1.66 bits per heavy atom. The summed E-state index contributed by atoms with van der Waals surface area (Å²) in [5.41, 5.74) is 1.89. The van der Waals surface area contributed by atoms with Crippen LogP contribution in [0.1, 0.15) is 44.2 Å². The highest BCUT2D eigenvalue weighted by Gasteiger charge is 2.30. The lowest BCUT2D eigenvalue weighted by Crippen LogP contribution is -2.52. The lowest BCUT2D eigenvalue weighted by molar-refractivity contribution is -0.141. The topological polar surface area (TPSA) is 67.9 Å². The van der Waals surface area contributed by atoms with Gasteiger partial charge in [-0.3, -0.25) is 9.59 Å². The molecule has 2 atom stereocenters. The van der Waals surface area contributed by atoms with E-state index < -0.39 is 6.04 Å². The molecule has 0 radical (unpaired) electrons. The predicted molar refractivity (Wildman–Crippen MR) is 152 cm³/mol. The summed E-state index contributed by atoms with van der Waals surface area (Å²) in [5.74, 6) is 1.14. The minimum atomic E-state index is -0.665. The summed E-state index contributed by atoms with van der Waals surface area (Å²) in [6.07, 6.45) is 1.98. The molecule has 0 aliphatic carbocycles. The van der Waals surface area contributed by atoms with Gasteiger partial charge in [-0.15, -0.1) is 0 Å². The van der Waals surface area contributed by atoms with Crippen LogP contribution in [0.5, 0.6) is 11.5 Å². The summed E-state index contributed by atoms with van der Waals surface area (Å²) >= 11 is 5.94. The Morgan fingerprint density at radius 3 is 2.34 bits per heavy atom. The van der Waals surface area contributed by atoms with Gasteiger partial charge in [-0.2, -0.15) is 0 Å². The van der Waals surface area contributed by atoms with E-state index in [1.807, 2.05) is 68.4 Å². The van der Waals surface area contributed by atoms with Crippen LogP contribution < -0.4 is 14.8 Å². The number of carbonyl (C=O) groups excluding carboxylic acids is 2. The van der Waals surface area contributed by atoms with E-state index in [0.29, 0.717) is 42.5 Å². The number of methoxy groups -OCH3 is 1.